The van der Waals surface area contributed by atoms with Crippen molar-refractivity contribution in [3.63, 3.8) is 0 Å². The SMILES string of the molecule is Cc1ccc2cc3ccccc3c(Cl)c2c1. The summed E-state index contributed by atoms with van der Waals surface area (Å²) < 4.78 is 0. The molecule has 0 nitrogen and oxygen atoms in total. The maximum Gasteiger partial charge on any atom is 0.0562 e. The summed E-state index contributed by atoms with van der Waals surface area (Å²) in [6, 6.07) is 16.8. The molecule has 0 unspecified atom stereocenters. The molecule has 0 saturated heterocycles. The molecule has 0 aliphatic rings. The van der Waals surface area contributed by atoms with E-state index in [2.05, 4.69) is 43.3 Å². The molecule has 0 aliphatic carbocycles. The van der Waals surface area contributed by atoms with Gasteiger partial charge in [-0.25, -0.2) is 0 Å². The third-order valence-electron chi connectivity index (χ3n) is 2.95. The van der Waals surface area contributed by atoms with E-state index in [1.165, 1.54) is 16.3 Å². The van der Waals surface area contributed by atoms with Crippen molar-refractivity contribution in [3.8, 4) is 0 Å². The van der Waals surface area contributed by atoms with Crippen LogP contribution >= 0.6 is 11.6 Å². The van der Waals surface area contributed by atoms with E-state index >= 15 is 0 Å². The van der Waals surface area contributed by atoms with Crippen molar-refractivity contribution < 1.29 is 0 Å². The Morgan fingerprint density at radius 1 is 0.812 bits per heavy atom. The van der Waals surface area contributed by atoms with Crippen LogP contribution in [0.4, 0.5) is 0 Å². The molecule has 0 radical (unpaired) electrons. The van der Waals surface area contributed by atoms with Crippen LogP contribution in [0.5, 0.6) is 0 Å². The van der Waals surface area contributed by atoms with Gasteiger partial charge >= 0.3 is 0 Å². The molecular weight excluding hydrogens is 216 g/mol. The molecule has 0 fully saturated rings. The molecule has 78 valence electrons. The summed E-state index contributed by atoms with van der Waals surface area (Å²) in [5, 5.41) is 5.53. The number of hydrogen-bond acceptors (Lipinski definition) is 0. The first-order valence-electron chi connectivity index (χ1n) is 5.33. The minimum atomic E-state index is 0.858. The van der Waals surface area contributed by atoms with Crippen molar-refractivity contribution in [2.45, 2.75) is 6.92 Å². The van der Waals surface area contributed by atoms with Crippen LogP contribution in [0.3, 0.4) is 0 Å². The highest BCUT2D eigenvalue weighted by molar-refractivity contribution is 6.40. The minimum absolute atomic E-state index is 0.858. The highest BCUT2D eigenvalue weighted by Crippen LogP contribution is 2.32. The van der Waals surface area contributed by atoms with Gasteiger partial charge < -0.3 is 0 Å². The highest BCUT2D eigenvalue weighted by Gasteiger charge is 2.04. The monoisotopic (exact) mass is 226 g/mol. The lowest BCUT2D eigenvalue weighted by molar-refractivity contribution is 1.51. The van der Waals surface area contributed by atoms with E-state index in [0.717, 1.165) is 15.8 Å². The normalized spacial score (nSPS) is 11.1. The Hall–Kier alpha value is -1.53. The Bertz CT molecular complexity index is 683. The Kier molecular flexibility index (Phi) is 2.12. The van der Waals surface area contributed by atoms with Crippen LogP contribution in [0.1, 0.15) is 5.56 Å². The summed E-state index contributed by atoms with van der Waals surface area (Å²) >= 11 is 6.45. The lowest BCUT2D eigenvalue weighted by Crippen LogP contribution is -1.80. The number of halogens is 1. The van der Waals surface area contributed by atoms with Gasteiger partial charge in [0.2, 0.25) is 0 Å². The van der Waals surface area contributed by atoms with Crippen LogP contribution in [0.25, 0.3) is 21.5 Å². The molecule has 16 heavy (non-hydrogen) atoms. The molecule has 1 heteroatoms. The lowest BCUT2D eigenvalue weighted by atomic mass is 10.0. The smallest absolute Gasteiger partial charge is 0.0562 e. The Labute approximate surface area is 99.5 Å². The molecule has 3 aromatic carbocycles. The largest absolute Gasteiger partial charge is 0.0830 e. The zero-order valence-electron chi connectivity index (χ0n) is 9.00. The molecule has 0 spiro atoms. The van der Waals surface area contributed by atoms with Gasteiger partial charge in [-0.1, -0.05) is 53.6 Å². The second-order valence-corrected chi connectivity index (χ2v) is 4.51. The zero-order valence-corrected chi connectivity index (χ0v) is 9.75. The number of fused-ring (bicyclic) bond motifs is 2. The van der Waals surface area contributed by atoms with Crippen molar-refractivity contribution in [2.75, 3.05) is 0 Å². The molecular formula is C15H11Cl. The third-order valence-corrected chi connectivity index (χ3v) is 3.36. The van der Waals surface area contributed by atoms with Crippen molar-refractivity contribution in [2.24, 2.45) is 0 Å². The summed E-state index contributed by atoms with van der Waals surface area (Å²) in [5.74, 6) is 0. The number of benzene rings is 3. The average molecular weight is 227 g/mol. The van der Waals surface area contributed by atoms with Crippen LogP contribution in [0.15, 0.2) is 48.5 Å². The summed E-state index contributed by atoms with van der Waals surface area (Å²) in [7, 11) is 0. The highest BCUT2D eigenvalue weighted by atomic mass is 35.5. The first-order valence-corrected chi connectivity index (χ1v) is 5.71. The second kappa shape index (κ2) is 3.50. The zero-order chi connectivity index (χ0) is 11.1. The molecule has 3 rings (SSSR count). The van der Waals surface area contributed by atoms with Crippen molar-refractivity contribution in [3.05, 3.63) is 59.1 Å². The minimum Gasteiger partial charge on any atom is -0.0830 e. The van der Waals surface area contributed by atoms with Crippen molar-refractivity contribution in [1.29, 1.82) is 0 Å². The van der Waals surface area contributed by atoms with E-state index in [-0.39, 0.29) is 0 Å². The van der Waals surface area contributed by atoms with Crippen LogP contribution in [-0.2, 0) is 0 Å². The third kappa shape index (κ3) is 1.38. The van der Waals surface area contributed by atoms with E-state index in [9.17, 15) is 0 Å². The summed E-state index contributed by atoms with van der Waals surface area (Å²) in [5.41, 5.74) is 1.24. The van der Waals surface area contributed by atoms with Gasteiger partial charge in [-0.05, 0) is 29.8 Å². The summed E-state index contributed by atoms with van der Waals surface area (Å²) in [6.07, 6.45) is 0. The van der Waals surface area contributed by atoms with Gasteiger partial charge in [0.25, 0.3) is 0 Å². The molecule has 0 saturated carbocycles. The predicted molar refractivity (Wildman–Crippen MR) is 71.2 cm³/mol. The Balaban J connectivity index is 2.56. The first kappa shape index (κ1) is 9.68. The fourth-order valence-corrected chi connectivity index (χ4v) is 2.46. The molecule has 3 aromatic rings. The lowest BCUT2D eigenvalue weighted by Gasteiger charge is -2.06. The Morgan fingerprint density at radius 3 is 2.44 bits per heavy atom. The van der Waals surface area contributed by atoms with Gasteiger partial charge in [-0.15, -0.1) is 0 Å². The van der Waals surface area contributed by atoms with Crippen LogP contribution in [0.2, 0.25) is 5.02 Å². The van der Waals surface area contributed by atoms with Gasteiger partial charge in [-0.2, -0.15) is 0 Å². The van der Waals surface area contributed by atoms with Gasteiger partial charge in [0.1, 0.15) is 0 Å². The maximum absolute atomic E-state index is 6.45. The summed E-state index contributed by atoms with van der Waals surface area (Å²) in [4.78, 5) is 0. The van der Waals surface area contributed by atoms with E-state index < -0.39 is 0 Å². The molecule has 0 N–H and O–H groups in total. The van der Waals surface area contributed by atoms with Gasteiger partial charge in [-0.3, -0.25) is 0 Å². The first-order chi connectivity index (χ1) is 7.75. The molecule has 0 aromatic heterocycles. The van der Waals surface area contributed by atoms with E-state index in [1.807, 2.05) is 12.1 Å². The van der Waals surface area contributed by atoms with Crippen molar-refractivity contribution >= 4 is 33.1 Å². The van der Waals surface area contributed by atoms with Crippen molar-refractivity contribution in [1.82, 2.24) is 0 Å². The van der Waals surface area contributed by atoms with Gasteiger partial charge in [0, 0.05) is 10.8 Å². The molecule has 0 atom stereocenters. The average Bonchev–Trinajstić information content (AvgIpc) is 2.31. The van der Waals surface area contributed by atoms with Crippen LogP contribution in [0, 0.1) is 6.92 Å². The van der Waals surface area contributed by atoms with E-state index in [4.69, 9.17) is 11.6 Å². The second-order valence-electron chi connectivity index (χ2n) is 4.14. The fourth-order valence-electron chi connectivity index (χ4n) is 2.12. The van der Waals surface area contributed by atoms with Gasteiger partial charge in [0.15, 0.2) is 0 Å². The van der Waals surface area contributed by atoms with E-state index in [0.29, 0.717) is 0 Å². The predicted octanol–water partition coefficient (Wildman–Crippen LogP) is 4.95. The van der Waals surface area contributed by atoms with E-state index in [1.54, 1.807) is 0 Å². The fraction of sp³-hybridized carbons (Fsp3) is 0.0667. The van der Waals surface area contributed by atoms with Crippen LogP contribution < -0.4 is 0 Å². The standard InChI is InChI=1S/C15H11Cl/c1-10-6-7-12-9-11-4-2-3-5-13(11)15(16)14(12)8-10/h2-9H,1H3. The number of hydrogen-bond donors (Lipinski definition) is 0. The molecule has 0 heterocycles. The quantitative estimate of drug-likeness (QED) is 0.476. The van der Waals surface area contributed by atoms with Gasteiger partial charge in [0.05, 0.1) is 5.02 Å². The molecule has 0 bridgehead atoms. The molecule has 0 aliphatic heterocycles. The van der Waals surface area contributed by atoms with Crippen LogP contribution in [-0.4, -0.2) is 0 Å². The Morgan fingerprint density at radius 2 is 1.56 bits per heavy atom. The topological polar surface area (TPSA) is 0 Å². The molecule has 0 amide bonds. The number of aryl methyl sites for hydroxylation is 1. The maximum atomic E-state index is 6.45. The summed E-state index contributed by atoms with van der Waals surface area (Å²) in [6.45, 7) is 2.09. The number of rotatable bonds is 0.